The third-order valence-electron chi connectivity index (χ3n) is 3.76. The molecule has 0 fully saturated rings. The molecule has 0 spiro atoms. The summed E-state index contributed by atoms with van der Waals surface area (Å²) in [5.74, 6) is 0.304. The Morgan fingerprint density at radius 3 is 2.39 bits per heavy atom. The molecule has 0 aliphatic rings. The second-order valence-electron chi connectivity index (χ2n) is 6.39. The number of methoxy groups -OCH3 is 1. The molecule has 0 radical (unpaired) electrons. The quantitative estimate of drug-likeness (QED) is 0.495. The van der Waals surface area contributed by atoms with Gasteiger partial charge >= 0.3 is 6.09 Å². The molecule has 0 saturated carbocycles. The molecule has 130 valence electrons. The summed E-state index contributed by atoms with van der Waals surface area (Å²) in [6, 6.07) is 7.90. The van der Waals surface area contributed by atoms with Gasteiger partial charge in [0.1, 0.15) is 18.0 Å². The monoisotopic (exact) mass is 435 g/mol. The molecule has 23 heavy (non-hydrogen) atoms. The zero-order chi connectivity index (χ0) is 17.7. The van der Waals surface area contributed by atoms with Gasteiger partial charge in [0.15, 0.2) is 0 Å². The van der Waals surface area contributed by atoms with Crippen LogP contribution in [0, 0.1) is 9.49 Å². The lowest BCUT2D eigenvalue weighted by molar-refractivity contribution is -0.222. The summed E-state index contributed by atoms with van der Waals surface area (Å²) < 4.78 is 17.8. The van der Waals surface area contributed by atoms with Crippen molar-refractivity contribution >= 4 is 28.7 Å². The topological polar surface area (TPSA) is 70.8 Å². The van der Waals surface area contributed by atoms with Crippen LogP contribution in [-0.2, 0) is 19.8 Å². The third-order valence-corrected chi connectivity index (χ3v) is 4.70. The number of primary amides is 1. The lowest BCUT2D eigenvalue weighted by Gasteiger charge is -2.46. The first kappa shape index (κ1) is 20.2. The van der Waals surface area contributed by atoms with Gasteiger partial charge in [0.05, 0.1) is 0 Å². The molecule has 0 saturated heterocycles. The minimum absolute atomic E-state index is 0.0866. The fraction of sp³-hybridized carbons (Fsp3) is 0.588. The average Bonchev–Trinajstić information content (AvgIpc) is 2.42. The number of nitrogens with two attached hydrogens (primary N) is 1. The highest BCUT2D eigenvalue weighted by molar-refractivity contribution is 14.1. The predicted octanol–water partition coefficient (Wildman–Crippen LogP) is 4.03. The van der Waals surface area contributed by atoms with Crippen molar-refractivity contribution in [2.24, 2.45) is 11.7 Å². The van der Waals surface area contributed by atoms with Crippen LogP contribution in [0.3, 0.4) is 0 Å². The van der Waals surface area contributed by atoms with Crippen molar-refractivity contribution in [1.82, 2.24) is 0 Å². The molecule has 2 N–H and O–H groups in total. The maximum absolute atomic E-state index is 11.4. The van der Waals surface area contributed by atoms with Crippen molar-refractivity contribution in [2.75, 3.05) is 13.9 Å². The maximum Gasteiger partial charge on any atom is 0.405 e. The standard InChI is InChI=1S/C17H26INO4/c1-12(2)10-17(22-11-21-5,16(3,4)23-15(19)20)13-8-6-7-9-14(13)18/h6-9,12H,10-11H2,1-5H3,(H2,19,20)/t17-/m0/s1. The van der Waals surface area contributed by atoms with Crippen molar-refractivity contribution < 1.29 is 19.0 Å². The summed E-state index contributed by atoms with van der Waals surface area (Å²) in [5, 5.41) is 0. The van der Waals surface area contributed by atoms with Crippen LogP contribution < -0.4 is 5.73 Å². The number of carbonyl (C=O) groups excluding carboxylic acids is 1. The van der Waals surface area contributed by atoms with Crippen molar-refractivity contribution in [2.45, 2.75) is 45.3 Å². The van der Waals surface area contributed by atoms with E-state index in [-0.39, 0.29) is 6.79 Å². The molecular formula is C17H26INO4. The zero-order valence-corrected chi connectivity index (χ0v) is 16.5. The summed E-state index contributed by atoms with van der Waals surface area (Å²) >= 11 is 2.27. The zero-order valence-electron chi connectivity index (χ0n) is 14.4. The molecule has 0 aromatic heterocycles. The van der Waals surface area contributed by atoms with Gasteiger partial charge in [-0.2, -0.15) is 0 Å². The van der Waals surface area contributed by atoms with Gasteiger partial charge in [-0.1, -0.05) is 32.0 Å². The number of hydrogen-bond acceptors (Lipinski definition) is 4. The van der Waals surface area contributed by atoms with Gasteiger partial charge in [0, 0.05) is 16.2 Å². The van der Waals surface area contributed by atoms with Gasteiger partial charge in [-0.25, -0.2) is 4.79 Å². The predicted molar refractivity (Wildman–Crippen MR) is 98.0 cm³/mol. The Morgan fingerprint density at radius 2 is 1.91 bits per heavy atom. The van der Waals surface area contributed by atoms with Crippen LogP contribution in [0.25, 0.3) is 0 Å². The second kappa shape index (κ2) is 8.30. The highest BCUT2D eigenvalue weighted by atomic mass is 127. The molecule has 1 aromatic carbocycles. The van der Waals surface area contributed by atoms with E-state index < -0.39 is 17.3 Å². The first-order chi connectivity index (χ1) is 10.7. The smallest absolute Gasteiger partial charge is 0.405 e. The van der Waals surface area contributed by atoms with Crippen molar-refractivity contribution in [3.63, 3.8) is 0 Å². The fourth-order valence-corrected chi connectivity index (χ4v) is 3.67. The van der Waals surface area contributed by atoms with E-state index >= 15 is 0 Å². The Labute approximate surface area is 152 Å². The Kier molecular flexibility index (Phi) is 7.29. The number of ether oxygens (including phenoxy) is 3. The van der Waals surface area contributed by atoms with E-state index in [1.54, 1.807) is 7.11 Å². The Hall–Kier alpha value is -0.860. The van der Waals surface area contributed by atoms with Crippen LogP contribution >= 0.6 is 22.6 Å². The Morgan fingerprint density at radius 1 is 1.30 bits per heavy atom. The van der Waals surface area contributed by atoms with Crippen LogP contribution in [0.15, 0.2) is 24.3 Å². The molecule has 0 aliphatic carbocycles. The van der Waals surface area contributed by atoms with Crippen molar-refractivity contribution in [3.8, 4) is 0 Å². The van der Waals surface area contributed by atoms with Crippen LogP contribution in [0.2, 0.25) is 0 Å². The van der Waals surface area contributed by atoms with Crippen molar-refractivity contribution in [1.29, 1.82) is 0 Å². The van der Waals surface area contributed by atoms with E-state index in [1.165, 1.54) is 0 Å². The molecule has 1 atom stereocenters. The van der Waals surface area contributed by atoms with Crippen LogP contribution in [0.1, 0.15) is 39.7 Å². The number of amides is 1. The summed E-state index contributed by atoms with van der Waals surface area (Å²) in [6.07, 6.45) is -0.175. The van der Waals surface area contributed by atoms with E-state index in [1.807, 2.05) is 38.1 Å². The summed E-state index contributed by atoms with van der Waals surface area (Å²) in [4.78, 5) is 11.4. The fourth-order valence-electron chi connectivity index (χ4n) is 2.85. The van der Waals surface area contributed by atoms with E-state index in [4.69, 9.17) is 19.9 Å². The maximum atomic E-state index is 11.4. The van der Waals surface area contributed by atoms with Gasteiger partial charge in [0.25, 0.3) is 0 Å². The first-order valence-electron chi connectivity index (χ1n) is 7.52. The molecular weight excluding hydrogens is 409 g/mol. The highest BCUT2D eigenvalue weighted by Gasteiger charge is 2.51. The molecule has 0 heterocycles. The molecule has 5 nitrogen and oxygen atoms in total. The lowest BCUT2D eigenvalue weighted by Crippen LogP contribution is -2.54. The van der Waals surface area contributed by atoms with Crippen LogP contribution in [0.5, 0.6) is 0 Å². The van der Waals surface area contributed by atoms with Gasteiger partial charge in [-0.15, -0.1) is 0 Å². The average molecular weight is 435 g/mol. The summed E-state index contributed by atoms with van der Waals surface area (Å²) in [5.41, 5.74) is 4.42. The number of halogens is 1. The lowest BCUT2D eigenvalue weighted by atomic mass is 9.74. The van der Waals surface area contributed by atoms with E-state index in [9.17, 15) is 4.79 Å². The van der Waals surface area contributed by atoms with Gasteiger partial charge in [0.2, 0.25) is 0 Å². The molecule has 0 bridgehead atoms. The van der Waals surface area contributed by atoms with E-state index in [0.717, 1.165) is 9.13 Å². The minimum Gasteiger partial charge on any atom is -0.440 e. The minimum atomic E-state index is -0.969. The Balaban J connectivity index is 3.52. The normalized spacial score (nSPS) is 14.6. The molecule has 0 unspecified atom stereocenters. The number of hydrogen-bond donors (Lipinski definition) is 1. The van der Waals surface area contributed by atoms with Crippen LogP contribution in [-0.4, -0.2) is 25.6 Å². The number of rotatable bonds is 8. The highest BCUT2D eigenvalue weighted by Crippen LogP contribution is 2.45. The largest absolute Gasteiger partial charge is 0.440 e. The van der Waals surface area contributed by atoms with Crippen molar-refractivity contribution in [3.05, 3.63) is 33.4 Å². The summed E-state index contributed by atoms with van der Waals surface area (Å²) in [6.45, 7) is 7.92. The van der Waals surface area contributed by atoms with Gasteiger partial charge in [-0.05, 0) is 54.8 Å². The molecule has 6 heteroatoms. The van der Waals surface area contributed by atoms with Gasteiger partial charge < -0.3 is 19.9 Å². The van der Waals surface area contributed by atoms with E-state index in [2.05, 4.69) is 36.4 Å². The SMILES string of the molecule is COCO[C@@](CC(C)C)(c1ccccc1I)C(C)(C)OC(N)=O. The molecule has 0 aliphatic heterocycles. The second-order valence-corrected chi connectivity index (χ2v) is 7.55. The van der Waals surface area contributed by atoms with Crippen LogP contribution in [0.4, 0.5) is 4.79 Å². The first-order valence-corrected chi connectivity index (χ1v) is 8.60. The van der Waals surface area contributed by atoms with Gasteiger partial charge in [-0.3, -0.25) is 0 Å². The Bertz CT molecular complexity index is 533. The molecule has 1 amide bonds. The van der Waals surface area contributed by atoms with E-state index in [0.29, 0.717) is 12.3 Å². The molecule has 1 aromatic rings. The molecule has 1 rings (SSSR count). The number of benzene rings is 1. The third kappa shape index (κ3) is 4.81. The summed E-state index contributed by atoms with van der Waals surface area (Å²) in [7, 11) is 1.57. The number of carbonyl (C=O) groups is 1.